The molecule has 0 saturated heterocycles. The lowest BCUT2D eigenvalue weighted by atomic mass is 9.89. The molecule has 0 spiro atoms. The Morgan fingerprint density at radius 2 is 1.84 bits per heavy atom. The van der Waals surface area contributed by atoms with Crippen LogP contribution in [0.4, 0.5) is 5.69 Å². The van der Waals surface area contributed by atoms with Crippen LogP contribution in [0.2, 0.25) is 0 Å². The molecular formula is C33H51N3O6S2. The Labute approximate surface area is 268 Å². The lowest BCUT2D eigenvalue weighted by molar-refractivity contribution is -0.0190. The summed E-state index contributed by atoms with van der Waals surface area (Å²) in [6.45, 7) is 8.56. The molecule has 2 N–H and O–H groups in total. The van der Waals surface area contributed by atoms with Crippen LogP contribution in [0.25, 0.3) is 0 Å². The zero-order valence-corrected chi connectivity index (χ0v) is 28.4. The number of likely N-dealkylation sites (N-methyl/N-ethyl adjacent to an activating group) is 1. The van der Waals surface area contributed by atoms with Gasteiger partial charge in [-0.3, -0.25) is 9.52 Å². The lowest BCUT2D eigenvalue weighted by Gasteiger charge is -2.36. The molecule has 4 atom stereocenters. The van der Waals surface area contributed by atoms with E-state index in [2.05, 4.69) is 23.6 Å². The Morgan fingerprint density at radius 3 is 2.55 bits per heavy atom. The molecular weight excluding hydrogens is 599 g/mol. The summed E-state index contributed by atoms with van der Waals surface area (Å²) in [6, 6.07) is 7.60. The Kier molecular flexibility index (Phi) is 12.9. The van der Waals surface area contributed by atoms with E-state index in [-0.39, 0.29) is 46.1 Å². The highest BCUT2D eigenvalue weighted by atomic mass is 32.2. The minimum Gasteiger partial charge on any atom is -0.490 e. The van der Waals surface area contributed by atoms with Crippen LogP contribution in [-0.4, -0.2) is 87.4 Å². The third-order valence-corrected chi connectivity index (χ3v) is 11.6. The zero-order chi connectivity index (χ0) is 31.7. The molecule has 1 fully saturated rings. The first-order valence-electron chi connectivity index (χ1n) is 16.2. The van der Waals surface area contributed by atoms with Crippen LogP contribution in [0.3, 0.4) is 0 Å². The molecule has 2 heterocycles. The number of ether oxygens (including phenoxy) is 2. The predicted octanol–water partition coefficient (Wildman–Crippen LogP) is 5.86. The van der Waals surface area contributed by atoms with E-state index < -0.39 is 16.1 Å². The highest BCUT2D eigenvalue weighted by molar-refractivity contribution is 7.94. The van der Waals surface area contributed by atoms with Crippen molar-refractivity contribution in [1.29, 1.82) is 0 Å². The molecule has 1 saturated carbocycles. The second kappa shape index (κ2) is 16.4. The predicted molar refractivity (Wildman–Crippen MR) is 176 cm³/mol. The van der Waals surface area contributed by atoms with E-state index in [1.807, 2.05) is 13.8 Å². The Balaban J connectivity index is 1.61. The van der Waals surface area contributed by atoms with Gasteiger partial charge in [-0.1, -0.05) is 32.3 Å². The largest absolute Gasteiger partial charge is 0.490 e. The van der Waals surface area contributed by atoms with Gasteiger partial charge in [0.05, 0.1) is 30.4 Å². The molecule has 2 aliphatic rings. The molecule has 44 heavy (non-hydrogen) atoms. The zero-order valence-electron chi connectivity index (χ0n) is 26.7. The number of aliphatic hydroxyl groups excluding tert-OH is 1. The molecule has 9 nitrogen and oxygen atoms in total. The van der Waals surface area contributed by atoms with Gasteiger partial charge in [-0.25, -0.2) is 8.42 Å². The third kappa shape index (κ3) is 9.66. The smallest absolute Gasteiger partial charge is 0.271 e. The van der Waals surface area contributed by atoms with E-state index in [1.54, 1.807) is 40.6 Å². The number of nitrogens with zero attached hydrogens (tertiary/aromatic N) is 2. The number of aliphatic hydroxyl groups is 1. The van der Waals surface area contributed by atoms with Gasteiger partial charge in [-0.2, -0.15) is 0 Å². The van der Waals surface area contributed by atoms with E-state index in [4.69, 9.17) is 9.47 Å². The number of benzene rings is 1. The van der Waals surface area contributed by atoms with Crippen molar-refractivity contribution in [2.75, 3.05) is 44.6 Å². The standard InChI is InChI=1S/C33H51N3O6S2/c1-24-20-36(25(2)23-37)33(38)29-19-28(34-44(39,40)32-14-10-18-43-32)15-16-30(29)42-26(3)11-8-9-17-41-31(24)22-35(4)21-27-12-6-5-7-13-27/h10,14-16,18-19,24-27,31,34,37H,5-9,11-13,17,20-23H2,1-4H3/t24-,25-,26-,31-/m0/s1. The van der Waals surface area contributed by atoms with Gasteiger partial charge in [0.1, 0.15) is 9.96 Å². The van der Waals surface area contributed by atoms with Gasteiger partial charge in [-0.15, -0.1) is 11.3 Å². The summed E-state index contributed by atoms with van der Waals surface area (Å²) < 4.78 is 41.5. The molecule has 0 unspecified atom stereocenters. The number of nitrogens with one attached hydrogen (secondary N) is 1. The summed E-state index contributed by atoms with van der Waals surface area (Å²) in [4.78, 5) is 18.4. The van der Waals surface area contributed by atoms with Crippen molar-refractivity contribution in [3.8, 4) is 5.75 Å². The molecule has 1 amide bonds. The van der Waals surface area contributed by atoms with Crippen LogP contribution < -0.4 is 9.46 Å². The summed E-state index contributed by atoms with van der Waals surface area (Å²) in [6.07, 6.45) is 8.93. The highest BCUT2D eigenvalue weighted by Crippen LogP contribution is 2.30. The number of sulfonamides is 1. The quantitative estimate of drug-likeness (QED) is 0.351. The molecule has 246 valence electrons. The SMILES string of the molecule is C[C@H]1CCCCO[C@@H](CN(C)CC2CCCCC2)[C@@H](C)CN([C@@H](C)CO)C(=O)c2cc(NS(=O)(=O)c3cccs3)ccc2O1. The van der Waals surface area contributed by atoms with E-state index >= 15 is 0 Å². The van der Waals surface area contributed by atoms with Gasteiger partial charge in [0, 0.05) is 37.8 Å². The van der Waals surface area contributed by atoms with Crippen LogP contribution in [0.15, 0.2) is 39.9 Å². The maximum atomic E-state index is 14.3. The fourth-order valence-electron chi connectivity index (χ4n) is 6.26. The summed E-state index contributed by atoms with van der Waals surface area (Å²) in [7, 11) is -1.64. The summed E-state index contributed by atoms with van der Waals surface area (Å²) in [5.74, 6) is 0.804. The second-order valence-corrected chi connectivity index (χ2v) is 15.6. The van der Waals surface area contributed by atoms with E-state index in [0.717, 1.165) is 49.6 Å². The minimum atomic E-state index is -3.81. The second-order valence-electron chi connectivity index (χ2n) is 12.8. The molecule has 2 aromatic rings. The van der Waals surface area contributed by atoms with Crippen LogP contribution in [0.1, 0.15) is 82.5 Å². The number of thiophene rings is 1. The number of carbonyl (C=O) groups is 1. The molecule has 1 aromatic heterocycles. The molecule has 4 rings (SSSR count). The van der Waals surface area contributed by atoms with E-state index in [9.17, 15) is 18.3 Å². The molecule has 0 bridgehead atoms. The van der Waals surface area contributed by atoms with Crippen LogP contribution in [-0.2, 0) is 14.8 Å². The average molecular weight is 650 g/mol. The van der Waals surface area contributed by atoms with Crippen molar-refractivity contribution in [2.24, 2.45) is 11.8 Å². The van der Waals surface area contributed by atoms with Gasteiger partial charge in [-0.05, 0) is 88.6 Å². The number of hydrogen-bond acceptors (Lipinski definition) is 8. The van der Waals surface area contributed by atoms with E-state index in [0.29, 0.717) is 18.9 Å². The van der Waals surface area contributed by atoms with Crippen molar-refractivity contribution in [1.82, 2.24) is 9.80 Å². The fraction of sp³-hybridized carbons (Fsp3) is 0.667. The normalized spacial score (nSPS) is 23.9. The van der Waals surface area contributed by atoms with Crippen LogP contribution in [0.5, 0.6) is 5.75 Å². The molecule has 11 heteroatoms. The van der Waals surface area contributed by atoms with Crippen molar-refractivity contribution in [2.45, 2.75) is 94.6 Å². The van der Waals surface area contributed by atoms with Crippen molar-refractivity contribution in [3.63, 3.8) is 0 Å². The number of amides is 1. The summed E-state index contributed by atoms with van der Waals surface area (Å²) in [5, 5.41) is 11.9. The van der Waals surface area contributed by atoms with Gasteiger partial charge >= 0.3 is 0 Å². The molecule has 0 radical (unpaired) electrons. The first-order chi connectivity index (χ1) is 21.1. The maximum Gasteiger partial charge on any atom is 0.271 e. The summed E-state index contributed by atoms with van der Waals surface area (Å²) >= 11 is 1.13. The maximum absolute atomic E-state index is 14.3. The van der Waals surface area contributed by atoms with E-state index in [1.165, 1.54) is 32.1 Å². The van der Waals surface area contributed by atoms with Gasteiger partial charge in [0.2, 0.25) is 0 Å². The topological polar surface area (TPSA) is 108 Å². The number of rotatable bonds is 9. The van der Waals surface area contributed by atoms with Crippen molar-refractivity contribution >= 4 is 33.0 Å². The van der Waals surface area contributed by atoms with Gasteiger partial charge < -0.3 is 24.4 Å². The number of hydrogen-bond donors (Lipinski definition) is 2. The minimum absolute atomic E-state index is 0.00602. The highest BCUT2D eigenvalue weighted by Gasteiger charge is 2.31. The monoisotopic (exact) mass is 649 g/mol. The van der Waals surface area contributed by atoms with Gasteiger partial charge in [0.15, 0.2) is 0 Å². The van der Waals surface area contributed by atoms with Crippen LogP contribution >= 0.6 is 11.3 Å². The van der Waals surface area contributed by atoms with Crippen molar-refractivity contribution in [3.05, 3.63) is 41.3 Å². The molecule has 1 aliphatic heterocycles. The number of anilines is 1. The molecule has 1 aromatic carbocycles. The molecule has 1 aliphatic carbocycles. The number of carbonyl (C=O) groups excluding carboxylic acids is 1. The first-order valence-corrected chi connectivity index (χ1v) is 18.5. The Bertz CT molecular complexity index is 1280. The summed E-state index contributed by atoms with van der Waals surface area (Å²) in [5.41, 5.74) is 0.540. The van der Waals surface area contributed by atoms with Crippen molar-refractivity contribution < 1.29 is 27.8 Å². The average Bonchev–Trinajstić information content (AvgIpc) is 3.55. The first kappa shape index (κ1) is 34.7. The number of fused-ring (bicyclic) bond motifs is 1. The fourth-order valence-corrected chi connectivity index (χ4v) is 8.31. The van der Waals surface area contributed by atoms with Gasteiger partial charge in [0.25, 0.3) is 15.9 Å². The lowest BCUT2D eigenvalue weighted by Crippen LogP contribution is -2.47. The Morgan fingerprint density at radius 1 is 1.09 bits per heavy atom. The third-order valence-electron chi connectivity index (χ3n) is 8.85. The Hall–Kier alpha value is -2.18. The van der Waals surface area contributed by atoms with Crippen LogP contribution in [0, 0.1) is 11.8 Å².